The van der Waals surface area contributed by atoms with Crippen molar-refractivity contribution >= 4 is 50.5 Å². The summed E-state index contributed by atoms with van der Waals surface area (Å²) in [6.45, 7) is 2.60. The molecule has 8 nitrogen and oxygen atoms in total. The van der Waals surface area contributed by atoms with Crippen LogP contribution in [0.5, 0.6) is 0 Å². The van der Waals surface area contributed by atoms with Crippen molar-refractivity contribution in [1.29, 1.82) is 0 Å². The van der Waals surface area contributed by atoms with Crippen molar-refractivity contribution in [2.75, 3.05) is 22.4 Å². The number of carbonyl (C=O) groups is 2. The first-order valence-corrected chi connectivity index (χ1v) is 10.7. The zero-order valence-corrected chi connectivity index (χ0v) is 17.7. The van der Waals surface area contributed by atoms with Crippen LogP contribution in [-0.4, -0.2) is 38.7 Å². The van der Waals surface area contributed by atoms with Crippen LogP contribution in [0.3, 0.4) is 0 Å². The lowest BCUT2D eigenvalue weighted by atomic mass is 10.1. The maximum Gasteiger partial charge on any atom is 0.260 e. The summed E-state index contributed by atoms with van der Waals surface area (Å²) in [5.41, 5.74) is 4.31. The van der Waals surface area contributed by atoms with Crippen molar-refractivity contribution in [2.24, 2.45) is 5.10 Å². The van der Waals surface area contributed by atoms with Crippen LogP contribution in [0.2, 0.25) is 5.02 Å². The molecule has 2 N–H and O–H groups in total. The largest absolute Gasteiger partial charge is 0.326 e. The van der Waals surface area contributed by atoms with E-state index in [4.69, 9.17) is 11.6 Å². The standard InChI is InChI=1S/C19H21ClN4O4S/c1-13(15-7-6-8-16(11-15)21-14(2)25)22-23-19(26)12-24(29(3,27)28)18-10-5-4-9-17(18)20/h4-11H,12H2,1-3H3,(H,21,25)(H,23,26)/b22-13-. The van der Waals surface area contributed by atoms with Crippen molar-refractivity contribution in [3.63, 3.8) is 0 Å². The highest BCUT2D eigenvalue weighted by Crippen LogP contribution is 2.26. The van der Waals surface area contributed by atoms with Crippen LogP contribution >= 0.6 is 11.6 Å². The molecule has 29 heavy (non-hydrogen) atoms. The van der Waals surface area contributed by atoms with Gasteiger partial charge in [-0.2, -0.15) is 5.10 Å². The Kier molecular flexibility index (Phi) is 7.35. The first-order valence-electron chi connectivity index (χ1n) is 8.51. The average Bonchev–Trinajstić information content (AvgIpc) is 2.63. The Morgan fingerprint density at radius 2 is 1.79 bits per heavy atom. The molecule has 2 aromatic rings. The molecule has 154 valence electrons. The number of rotatable bonds is 7. The van der Waals surface area contributed by atoms with E-state index < -0.39 is 22.5 Å². The van der Waals surface area contributed by atoms with Crippen LogP contribution in [0, 0.1) is 0 Å². The number of benzene rings is 2. The molecular weight excluding hydrogens is 416 g/mol. The Morgan fingerprint density at radius 3 is 2.41 bits per heavy atom. The van der Waals surface area contributed by atoms with E-state index in [0.717, 1.165) is 10.6 Å². The number of hydrogen-bond donors (Lipinski definition) is 2. The summed E-state index contributed by atoms with van der Waals surface area (Å²) in [7, 11) is -3.74. The molecule has 10 heteroatoms. The van der Waals surface area contributed by atoms with E-state index in [1.54, 1.807) is 43.3 Å². The van der Waals surface area contributed by atoms with Gasteiger partial charge in [-0.15, -0.1) is 0 Å². The molecule has 0 radical (unpaired) electrons. The summed E-state index contributed by atoms with van der Waals surface area (Å²) in [6.07, 6.45) is 0.992. The zero-order valence-electron chi connectivity index (χ0n) is 16.1. The summed E-state index contributed by atoms with van der Waals surface area (Å²) in [4.78, 5) is 23.5. The van der Waals surface area contributed by atoms with E-state index in [1.165, 1.54) is 19.1 Å². The fraction of sp³-hybridized carbons (Fsp3) is 0.211. The molecule has 0 aliphatic carbocycles. The number of amides is 2. The summed E-state index contributed by atoms with van der Waals surface area (Å²) in [5, 5.41) is 6.89. The van der Waals surface area contributed by atoms with Gasteiger partial charge in [0, 0.05) is 12.6 Å². The molecule has 0 heterocycles. The van der Waals surface area contributed by atoms with Crippen LogP contribution in [0.25, 0.3) is 0 Å². The Balaban J connectivity index is 2.14. The van der Waals surface area contributed by atoms with Gasteiger partial charge in [-0.05, 0) is 36.8 Å². The highest BCUT2D eigenvalue weighted by Gasteiger charge is 2.22. The highest BCUT2D eigenvalue weighted by molar-refractivity contribution is 7.92. The molecule has 2 aromatic carbocycles. The van der Waals surface area contributed by atoms with Gasteiger partial charge in [-0.25, -0.2) is 13.8 Å². The minimum absolute atomic E-state index is 0.203. The quantitative estimate of drug-likeness (QED) is 0.513. The van der Waals surface area contributed by atoms with Crippen molar-refractivity contribution in [3.8, 4) is 0 Å². The van der Waals surface area contributed by atoms with Gasteiger partial charge in [0.25, 0.3) is 5.91 Å². The van der Waals surface area contributed by atoms with Crippen LogP contribution < -0.4 is 15.0 Å². The molecule has 0 spiro atoms. The number of hydrazone groups is 1. The minimum Gasteiger partial charge on any atom is -0.326 e. The number of para-hydroxylation sites is 1. The molecule has 0 saturated heterocycles. The van der Waals surface area contributed by atoms with Crippen LogP contribution in [0.15, 0.2) is 53.6 Å². The first-order chi connectivity index (χ1) is 13.6. The second-order valence-electron chi connectivity index (χ2n) is 6.22. The molecule has 0 atom stereocenters. The number of hydrogen-bond acceptors (Lipinski definition) is 5. The van der Waals surface area contributed by atoms with Gasteiger partial charge in [0.05, 0.1) is 22.7 Å². The van der Waals surface area contributed by atoms with Gasteiger partial charge in [0.2, 0.25) is 15.9 Å². The van der Waals surface area contributed by atoms with Crippen molar-refractivity contribution in [3.05, 3.63) is 59.1 Å². The number of carbonyl (C=O) groups excluding carboxylic acids is 2. The molecule has 0 bridgehead atoms. The highest BCUT2D eigenvalue weighted by atomic mass is 35.5. The average molecular weight is 437 g/mol. The maximum atomic E-state index is 12.3. The summed E-state index contributed by atoms with van der Waals surface area (Å²) in [6, 6.07) is 13.3. The third kappa shape index (κ3) is 6.58. The SMILES string of the molecule is CC(=O)Nc1cccc(/C(C)=N\NC(=O)CN(c2ccccc2Cl)S(C)(=O)=O)c1. The van der Waals surface area contributed by atoms with E-state index in [2.05, 4.69) is 15.8 Å². The van der Waals surface area contributed by atoms with Gasteiger partial charge < -0.3 is 5.32 Å². The van der Waals surface area contributed by atoms with E-state index in [0.29, 0.717) is 17.0 Å². The zero-order chi connectivity index (χ0) is 21.6. The monoisotopic (exact) mass is 436 g/mol. The number of nitrogens with one attached hydrogen (secondary N) is 2. The second-order valence-corrected chi connectivity index (χ2v) is 8.53. The third-order valence-corrected chi connectivity index (χ3v) is 5.20. The Bertz CT molecular complexity index is 1050. The van der Waals surface area contributed by atoms with Gasteiger partial charge in [-0.3, -0.25) is 13.9 Å². The molecule has 0 aliphatic rings. The van der Waals surface area contributed by atoms with Crippen molar-refractivity contribution in [2.45, 2.75) is 13.8 Å². The molecule has 0 fully saturated rings. The molecule has 0 aliphatic heterocycles. The molecule has 0 saturated carbocycles. The Labute approximate surface area is 174 Å². The lowest BCUT2D eigenvalue weighted by Gasteiger charge is -2.22. The van der Waals surface area contributed by atoms with E-state index in [1.807, 2.05) is 0 Å². The summed E-state index contributed by atoms with van der Waals surface area (Å²) < 4.78 is 25.2. The lowest BCUT2D eigenvalue weighted by Crippen LogP contribution is -2.39. The second kappa shape index (κ2) is 9.53. The van der Waals surface area contributed by atoms with E-state index >= 15 is 0 Å². The first kappa shape index (κ1) is 22.4. The van der Waals surface area contributed by atoms with Crippen LogP contribution in [-0.2, 0) is 19.6 Å². The van der Waals surface area contributed by atoms with Crippen LogP contribution in [0.4, 0.5) is 11.4 Å². The minimum atomic E-state index is -3.74. The Morgan fingerprint density at radius 1 is 1.10 bits per heavy atom. The van der Waals surface area contributed by atoms with E-state index in [9.17, 15) is 18.0 Å². The van der Waals surface area contributed by atoms with Gasteiger partial charge >= 0.3 is 0 Å². The predicted molar refractivity (Wildman–Crippen MR) is 115 cm³/mol. The molecular formula is C19H21ClN4O4S. The molecule has 0 unspecified atom stereocenters. The van der Waals surface area contributed by atoms with Gasteiger partial charge in [0.1, 0.15) is 6.54 Å². The number of halogens is 1. The fourth-order valence-corrected chi connectivity index (χ4v) is 3.59. The third-order valence-electron chi connectivity index (χ3n) is 3.76. The topological polar surface area (TPSA) is 108 Å². The van der Waals surface area contributed by atoms with Crippen molar-refractivity contribution < 1.29 is 18.0 Å². The fourth-order valence-electron chi connectivity index (χ4n) is 2.44. The summed E-state index contributed by atoms with van der Waals surface area (Å²) in [5.74, 6) is -0.835. The normalized spacial score (nSPS) is 11.7. The molecule has 0 aromatic heterocycles. The van der Waals surface area contributed by atoms with E-state index in [-0.39, 0.29) is 16.6 Å². The molecule has 2 amide bonds. The van der Waals surface area contributed by atoms with Crippen LogP contribution in [0.1, 0.15) is 19.4 Å². The number of nitrogens with zero attached hydrogens (tertiary/aromatic N) is 2. The summed E-state index contributed by atoms with van der Waals surface area (Å²) >= 11 is 6.07. The Hall–Kier alpha value is -2.91. The maximum absolute atomic E-state index is 12.3. The van der Waals surface area contributed by atoms with Gasteiger partial charge in [0.15, 0.2) is 0 Å². The smallest absolute Gasteiger partial charge is 0.260 e. The predicted octanol–water partition coefficient (Wildman–Crippen LogP) is 2.60. The lowest BCUT2D eigenvalue weighted by molar-refractivity contribution is -0.119. The van der Waals surface area contributed by atoms with Gasteiger partial charge in [-0.1, -0.05) is 35.9 Å². The van der Waals surface area contributed by atoms with Crippen molar-refractivity contribution in [1.82, 2.24) is 5.43 Å². The number of anilines is 2. The number of sulfonamides is 1. The molecule has 2 rings (SSSR count).